The molecule has 0 saturated heterocycles. The highest BCUT2D eigenvalue weighted by atomic mass is 32.1. The van der Waals surface area contributed by atoms with Gasteiger partial charge in [0.15, 0.2) is 0 Å². The van der Waals surface area contributed by atoms with Gasteiger partial charge in [0.05, 0.1) is 5.69 Å². The second-order valence-corrected chi connectivity index (χ2v) is 4.93. The van der Waals surface area contributed by atoms with E-state index in [0.29, 0.717) is 5.00 Å². The van der Waals surface area contributed by atoms with E-state index in [9.17, 15) is 4.79 Å². The van der Waals surface area contributed by atoms with Gasteiger partial charge in [-0.1, -0.05) is 18.2 Å². The Bertz CT molecular complexity index is 686. The first-order valence-electron chi connectivity index (χ1n) is 5.43. The first kappa shape index (κ1) is 12.9. The molecule has 0 fully saturated rings. The predicted octanol–water partition coefficient (Wildman–Crippen LogP) is 2.95. The molecule has 2 rings (SSSR count). The molecule has 0 radical (unpaired) electrons. The molecule has 19 heavy (non-hydrogen) atoms. The van der Waals surface area contributed by atoms with Gasteiger partial charge in [0.25, 0.3) is 0 Å². The fourth-order valence-electron chi connectivity index (χ4n) is 1.64. The molecule has 0 aliphatic rings. The van der Waals surface area contributed by atoms with E-state index >= 15 is 0 Å². The zero-order valence-corrected chi connectivity index (χ0v) is 10.9. The highest BCUT2D eigenvalue weighted by Gasteiger charge is 2.20. The zero-order valence-electron chi connectivity index (χ0n) is 10.1. The third-order valence-electron chi connectivity index (χ3n) is 2.64. The maximum Gasteiger partial charge on any atom is 0.348 e. The lowest BCUT2D eigenvalue weighted by atomic mass is 10.2. The Kier molecular flexibility index (Phi) is 3.40. The molecule has 2 aromatic rings. The van der Waals surface area contributed by atoms with E-state index in [1.54, 1.807) is 0 Å². The van der Waals surface area contributed by atoms with E-state index in [2.05, 4.69) is 5.32 Å². The summed E-state index contributed by atoms with van der Waals surface area (Å²) in [5, 5.41) is 21.6. The van der Waals surface area contributed by atoms with Crippen molar-refractivity contribution in [3.8, 4) is 6.07 Å². The summed E-state index contributed by atoms with van der Waals surface area (Å²) in [6.07, 6.45) is 0. The minimum atomic E-state index is -1.13. The number of nitrogens with zero attached hydrogens (tertiary/aromatic N) is 1. The number of aryl methyl sites for hydroxylation is 1. The molecule has 4 N–H and O–H groups in total. The van der Waals surface area contributed by atoms with Gasteiger partial charge in [0.1, 0.15) is 21.5 Å². The number of hydrogen-bond acceptors (Lipinski definition) is 5. The molecule has 0 spiro atoms. The van der Waals surface area contributed by atoms with E-state index in [1.807, 2.05) is 37.3 Å². The second-order valence-electron chi connectivity index (χ2n) is 3.91. The Labute approximate surface area is 113 Å². The molecule has 0 aliphatic carbocycles. The van der Waals surface area contributed by atoms with Crippen molar-refractivity contribution >= 4 is 33.7 Å². The lowest BCUT2D eigenvalue weighted by Gasteiger charge is -2.07. The van der Waals surface area contributed by atoms with Crippen LogP contribution in [0.4, 0.5) is 16.4 Å². The molecular weight excluding hydrogens is 262 g/mol. The number of nitrogens with one attached hydrogen (secondary N) is 1. The Balaban J connectivity index is 2.47. The standard InChI is InChI=1S/C13H11N3O2S/c1-7-4-2-3-5-9(7)16-12-8(6-14)10(15)11(19-12)13(17)18/h2-5,16H,15H2,1H3,(H,17,18). The number of para-hydroxylation sites is 1. The molecule has 0 bridgehead atoms. The summed E-state index contributed by atoms with van der Waals surface area (Å²) in [5.41, 5.74) is 7.67. The van der Waals surface area contributed by atoms with Crippen molar-refractivity contribution in [2.45, 2.75) is 6.92 Å². The molecule has 1 aromatic carbocycles. The Hall–Kier alpha value is -2.52. The Morgan fingerprint density at radius 2 is 2.16 bits per heavy atom. The number of nitrogens with two attached hydrogens (primary N) is 1. The number of carboxylic acids is 1. The topological polar surface area (TPSA) is 99.1 Å². The molecular formula is C13H11N3O2S. The van der Waals surface area contributed by atoms with Gasteiger partial charge in [-0.05, 0) is 18.6 Å². The third-order valence-corrected chi connectivity index (χ3v) is 3.75. The normalized spacial score (nSPS) is 9.89. The third kappa shape index (κ3) is 2.37. The first-order chi connectivity index (χ1) is 9.04. The van der Waals surface area contributed by atoms with Gasteiger partial charge in [-0.25, -0.2) is 4.79 Å². The van der Waals surface area contributed by atoms with Gasteiger partial charge < -0.3 is 16.2 Å². The fourth-order valence-corrected chi connectivity index (χ4v) is 2.56. The van der Waals surface area contributed by atoms with Crippen molar-refractivity contribution in [3.63, 3.8) is 0 Å². The number of carboxylic acid groups (broad SMARTS) is 1. The molecule has 1 aromatic heterocycles. The molecule has 6 heteroatoms. The quantitative estimate of drug-likeness (QED) is 0.798. The van der Waals surface area contributed by atoms with Crippen LogP contribution in [0, 0.1) is 18.3 Å². The van der Waals surface area contributed by atoms with Gasteiger partial charge in [-0.2, -0.15) is 5.26 Å². The summed E-state index contributed by atoms with van der Waals surface area (Å²) in [6.45, 7) is 1.92. The molecule has 1 heterocycles. The average Bonchev–Trinajstić information content (AvgIpc) is 2.68. The first-order valence-corrected chi connectivity index (χ1v) is 6.24. The van der Waals surface area contributed by atoms with Gasteiger partial charge in [-0.3, -0.25) is 0 Å². The number of thiophene rings is 1. The van der Waals surface area contributed by atoms with Gasteiger partial charge in [0.2, 0.25) is 0 Å². The maximum absolute atomic E-state index is 11.0. The number of benzene rings is 1. The van der Waals surface area contributed by atoms with Crippen LogP contribution in [-0.4, -0.2) is 11.1 Å². The molecule has 0 aliphatic heterocycles. The molecule has 0 unspecified atom stereocenters. The summed E-state index contributed by atoms with van der Waals surface area (Å²) in [5.74, 6) is -1.13. The second kappa shape index (κ2) is 5.00. The van der Waals surface area contributed by atoms with Crippen molar-refractivity contribution in [2.24, 2.45) is 0 Å². The highest BCUT2D eigenvalue weighted by Crippen LogP contribution is 2.37. The van der Waals surface area contributed by atoms with Crippen molar-refractivity contribution in [1.82, 2.24) is 0 Å². The smallest absolute Gasteiger partial charge is 0.348 e. The van der Waals surface area contributed by atoms with Crippen molar-refractivity contribution in [1.29, 1.82) is 5.26 Å². The molecule has 0 amide bonds. The van der Waals surface area contributed by atoms with Crippen LogP contribution < -0.4 is 11.1 Å². The SMILES string of the molecule is Cc1ccccc1Nc1sc(C(=O)O)c(N)c1C#N. The maximum atomic E-state index is 11.0. The monoisotopic (exact) mass is 273 g/mol. The number of hydrogen-bond donors (Lipinski definition) is 3. The van der Waals surface area contributed by atoms with E-state index in [1.165, 1.54) is 0 Å². The zero-order chi connectivity index (χ0) is 14.0. The summed E-state index contributed by atoms with van der Waals surface area (Å²) in [4.78, 5) is 11.0. The summed E-state index contributed by atoms with van der Waals surface area (Å²) < 4.78 is 0. The minimum Gasteiger partial charge on any atom is -0.477 e. The van der Waals surface area contributed by atoms with Crippen molar-refractivity contribution < 1.29 is 9.90 Å². The van der Waals surface area contributed by atoms with Gasteiger partial charge in [0, 0.05) is 5.69 Å². The summed E-state index contributed by atoms with van der Waals surface area (Å²) in [7, 11) is 0. The summed E-state index contributed by atoms with van der Waals surface area (Å²) in [6, 6.07) is 9.47. The van der Waals surface area contributed by atoms with Crippen LogP contribution >= 0.6 is 11.3 Å². The van der Waals surface area contributed by atoms with E-state index in [-0.39, 0.29) is 16.1 Å². The molecule has 5 nitrogen and oxygen atoms in total. The fraction of sp³-hybridized carbons (Fsp3) is 0.0769. The Morgan fingerprint density at radius 1 is 1.47 bits per heavy atom. The van der Waals surface area contributed by atoms with E-state index < -0.39 is 5.97 Å². The number of anilines is 3. The molecule has 96 valence electrons. The number of rotatable bonds is 3. The largest absolute Gasteiger partial charge is 0.477 e. The number of nitriles is 1. The number of nitrogen functional groups attached to an aromatic ring is 1. The van der Waals surface area contributed by atoms with Crippen LogP contribution in [0.2, 0.25) is 0 Å². The lowest BCUT2D eigenvalue weighted by molar-refractivity contribution is 0.0703. The minimum absolute atomic E-state index is 0.0103. The summed E-state index contributed by atoms with van der Waals surface area (Å²) >= 11 is 0.964. The number of aromatic carboxylic acids is 1. The van der Waals surface area contributed by atoms with Gasteiger partial charge in [-0.15, -0.1) is 11.3 Å². The van der Waals surface area contributed by atoms with Crippen LogP contribution in [0.3, 0.4) is 0 Å². The predicted molar refractivity (Wildman–Crippen MR) is 74.9 cm³/mol. The highest BCUT2D eigenvalue weighted by molar-refractivity contribution is 7.18. The van der Waals surface area contributed by atoms with Crippen molar-refractivity contribution in [2.75, 3.05) is 11.1 Å². The van der Waals surface area contributed by atoms with E-state index in [4.69, 9.17) is 16.1 Å². The van der Waals surface area contributed by atoms with Gasteiger partial charge >= 0.3 is 5.97 Å². The van der Waals surface area contributed by atoms with Crippen LogP contribution in [0.5, 0.6) is 0 Å². The molecule has 0 saturated carbocycles. The van der Waals surface area contributed by atoms with Crippen molar-refractivity contribution in [3.05, 3.63) is 40.3 Å². The van der Waals surface area contributed by atoms with Crippen LogP contribution in [0.25, 0.3) is 0 Å². The number of carbonyl (C=O) groups is 1. The van der Waals surface area contributed by atoms with Crippen LogP contribution in [-0.2, 0) is 0 Å². The van der Waals surface area contributed by atoms with Crippen LogP contribution in [0.1, 0.15) is 20.8 Å². The van der Waals surface area contributed by atoms with E-state index in [0.717, 1.165) is 22.6 Å². The lowest BCUT2D eigenvalue weighted by Crippen LogP contribution is -1.98. The molecule has 0 atom stereocenters. The Morgan fingerprint density at radius 3 is 2.74 bits per heavy atom. The average molecular weight is 273 g/mol. The van der Waals surface area contributed by atoms with Crippen LogP contribution in [0.15, 0.2) is 24.3 Å².